The molecule has 0 saturated heterocycles. The Balaban J connectivity index is 1.32. The van der Waals surface area contributed by atoms with Crippen molar-refractivity contribution in [3.63, 3.8) is 0 Å². The third-order valence-corrected chi connectivity index (χ3v) is 23.6. The normalized spacial score (nSPS) is 13.0. The van der Waals surface area contributed by atoms with Crippen molar-refractivity contribution in [2.24, 2.45) is 0 Å². The van der Waals surface area contributed by atoms with Gasteiger partial charge in [-0.3, -0.25) is 9.59 Å². The van der Waals surface area contributed by atoms with Gasteiger partial charge in [-0.05, 0) is 153 Å². The van der Waals surface area contributed by atoms with Crippen LogP contribution in [-0.2, 0) is 59.0 Å². The Morgan fingerprint density at radius 1 is 0.343 bits per heavy atom. The van der Waals surface area contributed by atoms with Crippen LogP contribution in [0, 0.1) is 0 Å². The molecule has 8 nitrogen and oxygen atoms in total. The number of phenols is 2. The molecule has 0 aliphatic carbocycles. The molecule has 596 valence electrons. The van der Waals surface area contributed by atoms with Gasteiger partial charge in [0.1, 0.15) is 48.4 Å². The molecule has 0 amide bonds. The molecule has 4 aromatic rings. The molecule has 0 fully saturated rings. The van der Waals surface area contributed by atoms with E-state index in [0.717, 1.165) is 94.9 Å². The van der Waals surface area contributed by atoms with Crippen molar-refractivity contribution in [2.75, 3.05) is 36.2 Å². The van der Waals surface area contributed by atoms with E-state index < -0.39 is 0 Å². The first-order valence-electron chi connectivity index (χ1n) is 42.8. The van der Waals surface area contributed by atoms with E-state index in [0.29, 0.717) is 35.8 Å². The van der Waals surface area contributed by atoms with Crippen LogP contribution in [0.25, 0.3) is 0 Å². The van der Waals surface area contributed by atoms with Crippen LogP contribution in [0.5, 0.6) is 23.0 Å². The lowest BCUT2D eigenvalue weighted by atomic mass is 9.78. The summed E-state index contributed by atoms with van der Waals surface area (Å²) in [7, 11) is 0. The number of carbonyl (C=O) groups is 2. The average molecular weight is 1490 g/mol. The summed E-state index contributed by atoms with van der Waals surface area (Å²) in [6, 6.07) is 25.4. The Hall–Kier alpha value is -4.28. The highest BCUT2D eigenvalue weighted by Gasteiger charge is 2.30. The van der Waals surface area contributed by atoms with Gasteiger partial charge in [-0.15, -0.1) is 0 Å². The molecule has 4 rings (SSSR count). The summed E-state index contributed by atoms with van der Waals surface area (Å²) in [5.74, 6) is 5.41. The number of esters is 2. The Labute approximate surface area is 653 Å². The number of hydrogen-bond acceptors (Lipinski definition) is 10. The smallest absolute Gasteiger partial charge is 0.306 e. The van der Waals surface area contributed by atoms with Gasteiger partial charge in [0.2, 0.25) is 0 Å². The minimum absolute atomic E-state index is 0.176. The van der Waals surface area contributed by atoms with Crippen molar-refractivity contribution in [3.8, 4) is 23.0 Å². The largest absolute Gasteiger partial charge is 0.507 e. The van der Waals surface area contributed by atoms with Crippen LogP contribution >= 0.6 is 23.5 Å². The number of phenolic OH excluding ortho intramolecular Hbond substituents is 2. The zero-order valence-corrected chi connectivity index (χ0v) is 71.9. The molecule has 0 aliphatic heterocycles. The van der Waals surface area contributed by atoms with Crippen molar-refractivity contribution in [2.45, 2.75) is 407 Å². The van der Waals surface area contributed by atoms with E-state index >= 15 is 0 Å². The van der Waals surface area contributed by atoms with E-state index in [-0.39, 0.29) is 64.4 Å². The molecular formula is C95H156O8S2. The molecule has 0 bridgehead atoms. The van der Waals surface area contributed by atoms with Crippen LogP contribution in [0.15, 0.2) is 72.8 Å². The van der Waals surface area contributed by atoms with Gasteiger partial charge in [0.25, 0.3) is 0 Å². The van der Waals surface area contributed by atoms with Gasteiger partial charge < -0.3 is 29.2 Å². The highest BCUT2D eigenvalue weighted by molar-refractivity contribution is 7.99. The summed E-state index contributed by atoms with van der Waals surface area (Å²) in [4.78, 5) is 27.2. The van der Waals surface area contributed by atoms with Crippen molar-refractivity contribution < 1.29 is 38.7 Å². The van der Waals surface area contributed by atoms with E-state index in [1.807, 2.05) is 47.8 Å². The quantitative estimate of drug-likeness (QED) is 0.0327. The summed E-state index contributed by atoms with van der Waals surface area (Å²) >= 11 is 3.74. The van der Waals surface area contributed by atoms with Gasteiger partial charge >= 0.3 is 11.9 Å². The average Bonchev–Trinajstić information content (AvgIpc) is 0.806. The molecule has 0 radical (unpaired) electrons. The lowest BCUT2D eigenvalue weighted by molar-refractivity contribution is -0.150. The van der Waals surface area contributed by atoms with Crippen LogP contribution in [0.1, 0.15) is 399 Å². The maximum absolute atomic E-state index is 13.6. The fourth-order valence-corrected chi connectivity index (χ4v) is 16.3. The SMILES string of the molecule is CCCCCCCCCCCCCCCCCCSCC(COc1ccc(C(C)(C)c2ccc(OCC(CSCCCCCCCCCCCCCCCCCC)OC(=O)CCCCc3cc(C(C)(C)C)c(O)c(C(C)(C)C)c3)cc2)cc1)OC(=O)CCCCc1cc(C(C)(C)C)c(O)c(C(C)(C)C)c1. The molecule has 0 aromatic heterocycles. The molecule has 4 aromatic carbocycles. The fraction of sp³-hybridized carbons (Fsp3) is 0.726. The molecule has 0 aliphatic rings. The Kier molecular flexibility index (Phi) is 45.4. The van der Waals surface area contributed by atoms with E-state index in [2.05, 4.69) is 159 Å². The minimum Gasteiger partial charge on any atom is -0.507 e. The summed E-state index contributed by atoms with van der Waals surface area (Å²) in [6.07, 6.45) is 48.2. The molecule has 0 heterocycles. The maximum atomic E-state index is 13.6. The Morgan fingerprint density at radius 2 is 0.590 bits per heavy atom. The number of hydrogen-bond donors (Lipinski definition) is 2. The highest BCUT2D eigenvalue weighted by Crippen LogP contribution is 2.42. The number of ether oxygens (including phenoxy) is 4. The van der Waals surface area contributed by atoms with E-state index in [1.165, 1.54) is 217 Å². The lowest BCUT2D eigenvalue weighted by Crippen LogP contribution is -2.28. The first-order valence-corrected chi connectivity index (χ1v) is 45.1. The van der Waals surface area contributed by atoms with Crippen LogP contribution < -0.4 is 9.47 Å². The summed E-state index contributed by atoms with van der Waals surface area (Å²) in [5.41, 5.74) is 7.49. The van der Waals surface area contributed by atoms with Crippen molar-refractivity contribution in [3.05, 3.63) is 117 Å². The van der Waals surface area contributed by atoms with Crippen molar-refractivity contribution >= 4 is 35.5 Å². The van der Waals surface area contributed by atoms with Crippen molar-refractivity contribution in [1.82, 2.24) is 0 Å². The number of aromatic hydroxyl groups is 2. The molecule has 0 saturated carbocycles. The van der Waals surface area contributed by atoms with Crippen LogP contribution in [0.4, 0.5) is 0 Å². The first-order chi connectivity index (χ1) is 50.0. The number of carbonyl (C=O) groups excluding carboxylic acids is 2. The van der Waals surface area contributed by atoms with Gasteiger partial charge in [0, 0.05) is 29.8 Å². The van der Waals surface area contributed by atoms with Crippen molar-refractivity contribution in [1.29, 1.82) is 0 Å². The van der Waals surface area contributed by atoms with E-state index in [1.54, 1.807) is 0 Å². The number of unbranched alkanes of at least 4 members (excludes halogenated alkanes) is 32. The van der Waals surface area contributed by atoms with E-state index in [4.69, 9.17) is 18.9 Å². The summed E-state index contributed by atoms with van der Waals surface area (Å²) < 4.78 is 25.4. The molecule has 105 heavy (non-hydrogen) atoms. The molecule has 2 atom stereocenters. The molecule has 2 N–H and O–H groups in total. The Bertz CT molecular complexity index is 2670. The minimum atomic E-state index is -0.366. The number of thioether (sulfide) groups is 2. The molecule has 2 unspecified atom stereocenters. The molecular weight excluding hydrogens is 1330 g/mol. The third kappa shape index (κ3) is 39.3. The highest BCUT2D eigenvalue weighted by atomic mass is 32.2. The van der Waals surface area contributed by atoms with Gasteiger partial charge in [-0.2, -0.15) is 23.5 Å². The predicted molar refractivity (Wildman–Crippen MR) is 456 cm³/mol. The predicted octanol–water partition coefficient (Wildman–Crippen LogP) is 28.0. The number of benzene rings is 4. The van der Waals surface area contributed by atoms with Crippen LogP contribution in [0.2, 0.25) is 0 Å². The van der Waals surface area contributed by atoms with Crippen LogP contribution in [-0.4, -0.2) is 70.6 Å². The van der Waals surface area contributed by atoms with Gasteiger partial charge in [-0.1, -0.05) is 352 Å². The van der Waals surface area contributed by atoms with Crippen LogP contribution in [0.3, 0.4) is 0 Å². The maximum Gasteiger partial charge on any atom is 0.306 e. The second-order valence-electron chi connectivity index (χ2n) is 35.8. The second-order valence-corrected chi connectivity index (χ2v) is 38.1. The number of rotatable bonds is 58. The topological polar surface area (TPSA) is 112 Å². The van der Waals surface area contributed by atoms with Gasteiger partial charge in [0.15, 0.2) is 0 Å². The Morgan fingerprint density at radius 3 is 0.838 bits per heavy atom. The monoisotopic (exact) mass is 1490 g/mol. The summed E-state index contributed by atoms with van der Waals surface area (Å²) in [5, 5.41) is 22.6. The summed E-state index contributed by atoms with van der Waals surface area (Å²) in [6.45, 7) is 35.4. The molecule has 0 spiro atoms. The zero-order chi connectivity index (χ0) is 77.0. The van der Waals surface area contributed by atoms with Gasteiger partial charge in [-0.25, -0.2) is 0 Å². The molecule has 10 heteroatoms. The zero-order valence-electron chi connectivity index (χ0n) is 70.3. The lowest BCUT2D eigenvalue weighted by Gasteiger charge is -2.28. The first kappa shape index (κ1) is 93.1. The van der Waals surface area contributed by atoms with E-state index in [9.17, 15) is 19.8 Å². The second kappa shape index (κ2) is 51.2. The standard InChI is InChI=1S/C95H156O8S2/c1-17-19-21-23-25-27-29-31-33-35-37-39-41-43-45-51-65-104-73-81(102-87(96)55-49-47-53-75-67-83(91(3,4)5)89(98)84(68-75)92(6,7)8)71-100-79-61-57-77(58-62-79)95(15,16)78-59-63-80(64-60-78)101-72-82(74-105-66-52-46-44-42-40-38-36-34-32-30-28-26-24-22-20-18-2)103-88(97)56-50-48-54-76-69-85(93(9,10)11)90(99)86(70-76)94(12,13)14/h57-64,67-70,81-82,98-99H,17-56,65-66,71-74H2,1-16H3. The number of aryl methyl sites for hydroxylation is 2. The third-order valence-electron chi connectivity index (χ3n) is 21.3. The van der Waals surface area contributed by atoms with Gasteiger partial charge in [0.05, 0.1) is 0 Å². The fourth-order valence-electron chi connectivity index (χ4n) is 14.3.